The van der Waals surface area contributed by atoms with Gasteiger partial charge >= 0.3 is 6.18 Å². The smallest absolute Gasteiger partial charge is 0.416 e. The van der Waals surface area contributed by atoms with Crippen molar-refractivity contribution in [1.82, 2.24) is 0 Å². The van der Waals surface area contributed by atoms with E-state index >= 15 is 0 Å². The van der Waals surface area contributed by atoms with E-state index in [1.54, 1.807) is 0 Å². The fourth-order valence-electron chi connectivity index (χ4n) is 1.47. The summed E-state index contributed by atoms with van der Waals surface area (Å²) in [5, 5.41) is 0.212. The number of halogens is 5. The van der Waals surface area contributed by atoms with E-state index in [2.05, 4.69) is 0 Å². The molecule has 0 radical (unpaired) electrons. The van der Waals surface area contributed by atoms with Gasteiger partial charge in [-0.2, -0.15) is 13.2 Å². The minimum absolute atomic E-state index is 0.0985. The van der Waals surface area contributed by atoms with Crippen molar-refractivity contribution in [3.05, 3.63) is 52.0 Å². The highest BCUT2D eigenvalue weighted by molar-refractivity contribution is 6.33. The summed E-state index contributed by atoms with van der Waals surface area (Å²) in [5.41, 5.74) is 5.06. The molecule has 0 heterocycles. The molecule has 0 saturated carbocycles. The van der Waals surface area contributed by atoms with Crippen molar-refractivity contribution in [2.24, 2.45) is 0 Å². The van der Waals surface area contributed by atoms with Gasteiger partial charge in [-0.1, -0.05) is 23.2 Å². The van der Waals surface area contributed by atoms with Crippen molar-refractivity contribution >= 4 is 28.9 Å². The molecular formula is C13H8Cl2F3NO. The Hall–Kier alpha value is -1.59. The first-order valence-electron chi connectivity index (χ1n) is 5.37. The van der Waals surface area contributed by atoms with E-state index in [1.165, 1.54) is 18.2 Å². The molecular weight excluding hydrogens is 314 g/mol. The van der Waals surface area contributed by atoms with Crippen LogP contribution in [0, 0.1) is 0 Å². The van der Waals surface area contributed by atoms with Gasteiger partial charge in [0.2, 0.25) is 0 Å². The first-order chi connectivity index (χ1) is 9.27. The number of hydrogen-bond donors (Lipinski definition) is 1. The minimum atomic E-state index is -4.45. The lowest BCUT2D eigenvalue weighted by atomic mass is 10.2. The zero-order valence-corrected chi connectivity index (χ0v) is 11.4. The predicted molar refractivity (Wildman–Crippen MR) is 72.4 cm³/mol. The van der Waals surface area contributed by atoms with Crippen LogP contribution < -0.4 is 10.5 Å². The van der Waals surface area contributed by atoms with E-state index in [0.29, 0.717) is 16.5 Å². The van der Waals surface area contributed by atoms with Crippen LogP contribution in [0.5, 0.6) is 11.5 Å². The van der Waals surface area contributed by atoms with Crippen LogP contribution in [-0.4, -0.2) is 0 Å². The Labute approximate surface area is 122 Å². The maximum atomic E-state index is 12.5. The fourth-order valence-corrected chi connectivity index (χ4v) is 1.81. The Morgan fingerprint density at radius 2 is 1.65 bits per heavy atom. The zero-order chi connectivity index (χ0) is 14.9. The molecule has 2 nitrogen and oxygen atoms in total. The summed E-state index contributed by atoms with van der Waals surface area (Å²) < 4.78 is 42.9. The number of benzene rings is 2. The molecule has 2 aromatic rings. The molecule has 106 valence electrons. The Morgan fingerprint density at radius 3 is 2.20 bits per heavy atom. The Balaban J connectivity index is 2.28. The topological polar surface area (TPSA) is 35.2 Å². The molecule has 0 aromatic heterocycles. The first-order valence-corrected chi connectivity index (χ1v) is 6.12. The maximum absolute atomic E-state index is 12.5. The lowest BCUT2D eigenvalue weighted by molar-refractivity contribution is -0.137. The van der Waals surface area contributed by atoms with E-state index in [4.69, 9.17) is 33.7 Å². The molecule has 2 N–H and O–H groups in total. The average molecular weight is 322 g/mol. The summed E-state index contributed by atoms with van der Waals surface area (Å²) in [6, 6.07) is 7.35. The molecule has 0 amide bonds. The predicted octanol–water partition coefficient (Wildman–Crippen LogP) is 5.39. The summed E-state index contributed by atoms with van der Waals surface area (Å²) in [7, 11) is 0. The number of rotatable bonds is 2. The van der Waals surface area contributed by atoms with Gasteiger partial charge in [0.25, 0.3) is 0 Å². The van der Waals surface area contributed by atoms with Crippen molar-refractivity contribution in [3.63, 3.8) is 0 Å². The van der Waals surface area contributed by atoms with E-state index in [1.807, 2.05) is 0 Å². The Morgan fingerprint density at radius 1 is 0.950 bits per heavy atom. The summed E-state index contributed by atoms with van der Waals surface area (Å²) in [6.07, 6.45) is -4.45. The summed E-state index contributed by atoms with van der Waals surface area (Å²) in [6.45, 7) is 0. The maximum Gasteiger partial charge on any atom is 0.416 e. The lowest BCUT2D eigenvalue weighted by Gasteiger charge is -2.11. The molecule has 0 spiro atoms. The molecule has 0 saturated heterocycles. The number of nitrogen functional groups attached to an aromatic ring is 1. The molecule has 2 aromatic carbocycles. The van der Waals surface area contributed by atoms with Crippen molar-refractivity contribution in [3.8, 4) is 11.5 Å². The van der Waals surface area contributed by atoms with E-state index < -0.39 is 11.7 Å². The molecule has 0 atom stereocenters. The van der Waals surface area contributed by atoms with Gasteiger partial charge in [0.15, 0.2) is 0 Å². The molecule has 0 unspecified atom stereocenters. The van der Waals surface area contributed by atoms with Crippen molar-refractivity contribution in [1.29, 1.82) is 0 Å². The van der Waals surface area contributed by atoms with Gasteiger partial charge in [-0.15, -0.1) is 0 Å². The summed E-state index contributed by atoms with van der Waals surface area (Å²) >= 11 is 11.5. The van der Waals surface area contributed by atoms with Gasteiger partial charge in [0.05, 0.1) is 21.3 Å². The van der Waals surface area contributed by atoms with Crippen LogP contribution >= 0.6 is 23.2 Å². The van der Waals surface area contributed by atoms with E-state index in [9.17, 15) is 13.2 Å². The van der Waals surface area contributed by atoms with Gasteiger partial charge < -0.3 is 10.5 Å². The molecule has 0 aliphatic rings. The van der Waals surface area contributed by atoms with E-state index in [-0.39, 0.29) is 10.8 Å². The molecule has 2 rings (SSSR count). The minimum Gasteiger partial charge on any atom is -0.456 e. The third-order valence-electron chi connectivity index (χ3n) is 2.45. The second kappa shape index (κ2) is 5.42. The van der Waals surface area contributed by atoms with E-state index in [0.717, 1.165) is 18.2 Å². The highest BCUT2D eigenvalue weighted by Gasteiger charge is 2.31. The van der Waals surface area contributed by atoms with Crippen LogP contribution in [0.4, 0.5) is 18.9 Å². The van der Waals surface area contributed by atoms with Gasteiger partial charge in [-0.25, -0.2) is 0 Å². The Kier molecular flexibility index (Phi) is 4.01. The average Bonchev–Trinajstić information content (AvgIpc) is 2.35. The van der Waals surface area contributed by atoms with Crippen molar-refractivity contribution in [2.45, 2.75) is 6.18 Å². The number of nitrogens with two attached hydrogens (primary N) is 1. The lowest BCUT2D eigenvalue weighted by Crippen LogP contribution is -2.04. The second-order valence-corrected chi connectivity index (χ2v) is 4.74. The highest BCUT2D eigenvalue weighted by Crippen LogP contribution is 2.37. The molecule has 0 aliphatic carbocycles. The standard InChI is InChI=1S/C13H8Cl2F3NO/c14-9-3-2-8(6-11(9)19)20-12-4-1-7(5-10(12)15)13(16,17)18/h1-6H,19H2. The molecule has 7 heteroatoms. The zero-order valence-electron chi connectivity index (χ0n) is 9.84. The summed E-state index contributed by atoms with van der Waals surface area (Å²) in [4.78, 5) is 0. The summed E-state index contributed by atoms with van der Waals surface area (Å²) in [5.74, 6) is 0.426. The van der Waals surface area contributed by atoms with Gasteiger partial charge in [-0.3, -0.25) is 0 Å². The van der Waals surface area contributed by atoms with Crippen molar-refractivity contribution < 1.29 is 17.9 Å². The fraction of sp³-hybridized carbons (Fsp3) is 0.0769. The van der Waals surface area contributed by atoms with Gasteiger partial charge in [-0.05, 0) is 30.3 Å². The SMILES string of the molecule is Nc1cc(Oc2ccc(C(F)(F)F)cc2Cl)ccc1Cl. The van der Waals surface area contributed by atoms with Crippen molar-refractivity contribution in [2.75, 3.05) is 5.73 Å². The number of anilines is 1. The number of ether oxygens (including phenoxy) is 1. The normalized spacial score (nSPS) is 11.4. The Bertz CT molecular complexity index is 644. The largest absolute Gasteiger partial charge is 0.456 e. The number of hydrogen-bond acceptors (Lipinski definition) is 2. The van der Waals surface area contributed by atoms with Crippen LogP contribution in [0.25, 0.3) is 0 Å². The monoisotopic (exact) mass is 321 g/mol. The second-order valence-electron chi connectivity index (χ2n) is 3.93. The van der Waals surface area contributed by atoms with Gasteiger partial charge in [0.1, 0.15) is 11.5 Å². The highest BCUT2D eigenvalue weighted by atomic mass is 35.5. The van der Waals surface area contributed by atoms with Crippen LogP contribution in [0.2, 0.25) is 10.0 Å². The third-order valence-corrected chi connectivity index (χ3v) is 3.09. The first kappa shape index (κ1) is 14.8. The molecule has 0 aliphatic heterocycles. The van der Waals surface area contributed by atoms with Crippen LogP contribution in [0.3, 0.4) is 0 Å². The van der Waals surface area contributed by atoms with Crippen LogP contribution in [0.15, 0.2) is 36.4 Å². The molecule has 0 bridgehead atoms. The van der Waals surface area contributed by atoms with Crippen LogP contribution in [0.1, 0.15) is 5.56 Å². The third kappa shape index (κ3) is 3.29. The quantitative estimate of drug-likeness (QED) is 0.753. The van der Waals surface area contributed by atoms with Gasteiger partial charge in [0, 0.05) is 6.07 Å². The molecule has 0 fully saturated rings. The number of alkyl halides is 3. The molecule has 20 heavy (non-hydrogen) atoms. The van der Waals surface area contributed by atoms with Crippen LogP contribution in [-0.2, 0) is 6.18 Å².